The van der Waals surface area contributed by atoms with Crippen LogP contribution in [0.2, 0.25) is 0 Å². The van der Waals surface area contributed by atoms with Crippen molar-refractivity contribution in [2.24, 2.45) is 0 Å². The monoisotopic (exact) mass is 344 g/mol. The van der Waals surface area contributed by atoms with Gasteiger partial charge in [0.05, 0.1) is 6.04 Å². The molecule has 0 aromatic heterocycles. The van der Waals surface area contributed by atoms with Crippen molar-refractivity contribution >= 4 is 0 Å². The summed E-state index contributed by atoms with van der Waals surface area (Å²) in [5.41, 5.74) is -0.111. The lowest BCUT2D eigenvalue weighted by atomic mass is 9.97. The summed E-state index contributed by atoms with van der Waals surface area (Å²) in [5, 5.41) is 7.26. The molecular formula is C20H44N2O2. The minimum Gasteiger partial charge on any atom is -0.340 e. The van der Waals surface area contributed by atoms with Crippen LogP contribution in [0.1, 0.15) is 93.4 Å². The van der Waals surface area contributed by atoms with Crippen LogP contribution in [-0.2, 0) is 9.47 Å². The molecule has 0 amide bonds. The molecule has 4 heteroatoms. The van der Waals surface area contributed by atoms with Crippen molar-refractivity contribution in [1.29, 1.82) is 0 Å². The number of unbranched alkanes of at least 4 members (excludes halogenated alkanes) is 5. The highest BCUT2D eigenvalue weighted by Gasteiger charge is 2.43. The smallest absolute Gasteiger partial charge is 0.243 e. The molecule has 0 radical (unpaired) electrons. The molecule has 24 heavy (non-hydrogen) atoms. The Kier molecular flexibility index (Phi) is 10.7. The normalized spacial score (nSPS) is 14.9. The molecular weight excluding hydrogens is 300 g/mol. The van der Waals surface area contributed by atoms with E-state index in [1.807, 2.05) is 0 Å². The summed E-state index contributed by atoms with van der Waals surface area (Å²) in [7, 11) is 3.45. The number of rotatable bonds is 12. The van der Waals surface area contributed by atoms with Crippen LogP contribution in [0.15, 0.2) is 0 Å². The zero-order valence-corrected chi connectivity index (χ0v) is 17.8. The van der Waals surface area contributed by atoms with E-state index in [-0.39, 0.29) is 17.1 Å². The number of hydrogen-bond acceptors (Lipinski definition) is 4. The maximum atomic E-state index is 5.87. The maximum Gasteiger partial charge on any atom is 0.243 e. The molecule has 2 N–H and O–H groups in total. The first-order valence-corrected chi connectivity index (χ1v) is 9.67. The van der Waals surface area contributed by atoms with Crippen molar-refractivity contribution in [3.05, 3.63) is 0 Å². The molecule has 0 aromatic rings. The van der Waals surface area contributed by atoms with Gasteiger partial charge in [-0.15, -0.1) is 0 Å². The first-order chi connectivity index (χ1) is 11.0. The van der Waals surface area contributed by atoms with Gasteiger partial charge in [0.15, 0.2) is 0 Å². The lowest BCUT2D eigenvalue weighted by Gasteiger charge is -2.45. The Bertz CT molecular complexity index is 315. The van der Waals surface area contributed by atoms with Gasteiger partial charge in [-0.3, -0.25) is 5.32 Å². The predicted molar refractivity (Wildman–Crippen MR) is 104 cm³/mol. The van der Waals surface area contributed by atoms with Crippen LogP contribution in [-0.4, -0.2) is 37.3 Å². The molecule has 0 aromatic carbocycles. The Balaban J connectivity index is 4.98. The Labute approximate surface area is 151 Å². The number of hydrogen-bond donors (Lipinski definition) is 2. The first kappa shape index (κ1) is 23.8. The summed E-state index contributed by atoms with van der Waals surface area (Å²) < 4.78 is 11.7. The van der Waals surface area contributed by atoms with E-state index in [4.69, 9.17) is 9.47 Å². The molecule has 0 aliphatic heterocycles. The van der Waals surface area contributed by atoms with Gasteiger partial charge in [0.25, 0.3) is 0 Å². The van der Waals surface area contributed by atoms with Crippen molar-refractivity contribution in [3.63, 3.8) is 0 Å². The largest absolute Gasteiger partial charge is 0.340 e. The molecule has 1 atom stereocenters. The van der Waals surface area contributed by atoms with Gasteiger partial charge in [-0.1, -0.05) is 45.4 Å². The van der Waals surface area contributed by atoms with E-state index < -0.39 is 5.91 Å². The topological polar surface area (TPSA) is 42.5 Å². The van der Waals surface area contributed by atoms with E-state index in [1.165, 1.54) is 38.5 Å². The summed E-state index contributed by atoms with van der Waals surface area (Å²) in [6.45, 7) is 15.2. The molecule has 0 aliphatic rings. The van der Waals surface area contributed by atoms with Crippen LogP contribution in [0, 0.1) is 0 Å². The van der Waals surface area contributed by atoms with Crippen LogP contribution in [0.5, 0.6) is 0 Å². The summed E-state index contributed by atoms with van der Waals surface area (Å²) in [6, 6.07) is 0.0814. The van der Waals surface area contributed by atoms with E-state index in [2.05, 4.69) is 59.1 Å². The second kappa shape index (κ2) is 10.7. The van der Waals surface area contributed by atoms with E-state index in [0.717, 1.165) is 6.42 Å². The highest BCUT2D eigenvalue weighted by Crippen LogP contribution is 2.24. The first-order valence-electron chi connectivity index (χ1n) is 9.67. The highest BCUT2D eigenvalue weighted by molar-refractivity contribution is 4.92. The Morgan fingerprint density at radius 2 is 1.25 bits per heavy atom. The van der Waals surface area contributed by atoms with Crippen molar-refractivity contribution in [2.75, 3.05) is 14.2 Å². The van der Waals surface area contributed by atoms with E-state index in [1.54, 1.807) is 14.2 Å². The number of nitrogens with one attached hydrogen (secondary N) is 2. The highest BCUT2D eigenvalue weighted by atomic mass is 16.7. The van der Waals surface area contributed by atoms with Gasteiger partial charge in [0.2, 0.25) is 5.91 Å². The fourth-order valence-electron chi connectivity index (χ4n) is 3.09. The van der Waals surface area contributed by atoms with Gasteiger partial charge in [-0.05, 0) is 48.0 Å². The average molecular weight is 345 g/mol. The standard InChI is InChI=1S/C20H44N2O2/c1-10-11-12-13-14-15-16-17(21-18(2,3)4)20(23-8,24-9)22-19(5,6)7/h17,21-22H,10-16H2,1-9H3. The molecule has 0 spiro atoms. The molecule has 1 unspecified atom stereocenters. The molecule has 0 heterocycles. The SMILES string of the molecule is CCCCCCCCC(NC(C)(C)C)C(NC(C)(C)C)(OC)OC. The predicted octanol–water partition coefficient (Wildman–Crippen LogP) is 4.83. The lowest BCUT2D eigenvalue weighted by Crippen LogP contribution is -2.68. The quantitative estimate of drug-likeness (QED) is 0.393. The second-order valence-corrected chi connectivity index (χ2v) is 8.95. The van der Waals surface area contributed by atoms with Crippen LogP contribution in [0.4, 0.5) is 0 Å². The van der Waals surface area contributed by atoms with Gasteiger partial charge >= 0.3 is 0 Å². The van der Waals surface area contributed by atoms with Crippen molar-refractivity contribution in [2.45, 2.75) is 116 Å². The number of methoxy groups -OCH3 is 2. The van der Waals surface area contributed by atoms with Crippen LogP contribution in [0.3, 0.4) is 0 Å². The van der Waals surface area contributed by atoms with Crippen molar-refractivity contribution in [3.8, 4) is 0 Å². The van der Waals surface area contributed by atoms with E-state index >= 15 is 0 Å². The maximum absolute atomic E-state index is 5.87. The molecule has 4 nitrogen and oxygen atoms in total. The summed E-state index contributed by atoms with van der Waals surface area (Å²) in [6.07, 6.45) is 8.76. The van der Waals surface area contributed by atoms with Crippen LogP contribution < -0.4 is 10.6 Å². The van der Waals surface area contributed by atoms with Gasteiger partial charge in [-0.2, -0.15) is 0 Å². The lowest BCUT2D eigenvalue weighted by molar-refractivity contribution is -0.258. The molecule has 0 rings (SSSR count). The molecule has 0 fully saturated rings. The summed E-state index contributed by atoms with van der Waals surface area (Å²) in [4.78, 5) is 0. The zero-order chi connectivity index (χ0) is 18.9. The van der Waals surface area contributed by atoms with Crippen LogP contribution in [0.25, 0.3) is 0 Å². The number of ether oxygens (including phenoxy) is 2. The van der Waals surface area contributed by atoms with Crippen molar-refractivity contribution < 1.29 is 9.47 Å². The fraction of sp³-hybridized carbons (Fsp3) is 1.00. The molecule has 146 valence electrons. The minimum atomic E-state index is -0.824. The van der Waals surface area contributed by atoms with E-state index in [0.29, 0.717) is 0 Å². The minimum absolute atomic E-state index is 0.00521. The Hall–Kier alpha value is -0.160. The Morgan fingerprint density at radius 3 is 1.67 bits per heavy atom. The Morgan fingerprint density at radius 1 is 0.750 bits per heavy atom. The van der Waals surface area contributed by atoms with E-state index in [9.17, 15) is 0 Å². The van der Waals surface area contributed by atoms with Crippen molar-refractivity contribution in [1.82, 2.24) is 10.6 Å². The third kappa shape index (κ3) is 9.97. The van der Waals surface area contributed by atoms with Gasteiger partial charge in [0, 0.05) is 25.3 Å². The average Bonchev–Trinajstić information content (AvgIpc) is 2.45. The third-order valence-corrected chi connectivity index (χ3v) is 4.07. The van der Waals surface area contributed by atoms with Gasteiger partial charge < -0.3 is 14.8 Å². The molecule has 0 saturated carbocycles. The van der Waals surface area contributed by atoms with Crippen LogP contribution >= 0.6 is 0 Å². The summed E-state index contributed by atoms with van der Waals surface area (Å²) >= 11 is 0. The summed E-state index contributed by atoms with van der Waals surface area (Å²) in [5.74, 6) is -0.824. The third-order valence-electron chi connectivity index (χ3n) is 4.07. The zero-order valence-electron chi connectivity index (χ0n) is 17.8. The molecule has 0 aliphatic carbocycles. The van der Waals surface area contributed by atoms with Gasteiger partial charge in [0.1, 0.15) is 0 Å². The molecule has 0 bridgehead atoms. The fourth-order valence-corrected chi connectivity index (χ4v) is 3.09. The second-order valence-electron chi connectivity index (χ2n) is 8.95. The van der Waals surface area contributed by atoms with Gasteiger partial charge in [-0.25, -0.2) is 0 Å². The molecule has 0 saturated heterocycles.